The van der Waals surface area contributed by atoms with E-state index in [4.69, 9.17) is 0 Å². The Labute approximate surface area is 111 Å². The lowest BCUT2D eigenvalue weighted by atomic mass is 10.1. The number of hydrogen-bond donors (Lipinski definition) is 2. The second-order valence-electron chi connectivity index (χ2n) is 4.20. The predicted octanol–water partition coefficient (Wildman–Crippen LogP) is 1.39. The highest BCUT2D eigenvalue weighted by Gasteiger charge is 2.19. The quantitative estimate of drug-likeness (QED) is 0.761. The van der Waals surface area contributed by atoms with Crippen LogP contribution < -0.4 is 5.32 Å². The summed E-state index contributed by atoms with van der Waals surface area (Å²) in [4.78, 5) is 15.2. The molecule has 0 spiro atoms. The molecule has 2 N–H and O–H groups in total. The topological polar surface area (TPSA) is 71.5 Å². The van der Waals surface area contributed by atoms with Crippen molar-refractivity contribution in [1.82, 2.24) is 4.98 Å². The van der Waals surface area contributed by atoms with Gasteiger partial charge >= 0.3 is 5.97 Å². The lowest BCUT2D eigenvalue weighted by Gasteiger charge is -2.23. The third kappa shape index (κ3) is 4.54. The molecule has 0 fully saturated rings. The maximum Gasteiger partial charge on any atom is 0.356 e. The number of rotatable bonds is 6. The van der Waals surface area contributed by atoms with Crippen molar-refractivity contribution < 1.29 is 14.6 Å². The van der Waals surface area contributed by atoms with Crippen molar-refractivity contribution in [2.45, 2.75) is 12.5 Å². The van der Waals surface area contributed by atoms with Crippen LogP contribution in [0.4, 0.5) is 5.69 Å². The van der Waals surface area contributed by atoms with Gasteiger partial charge in [0.15, 0.2) is 0 Å². The average Bonchev–Trinajstić information content (AvgIpc) is 2.36. The van der Waals surface area contributed by atoms with E-state index in [1.807, 2.05) is 6.26 Å². The van der Waals surface area contributed by atoms with E-state index in [0.29, 0.717) is 12.3 Å². The maximum atomic E-state index is 11.3. The minimum atomic E-state index is -0.798. The zero-order chi connectivity index (χ0) is 13.6. The van der Waals surface area contributed by atoms with Gasteiger partial charge < -0.3 is 15.2 Å². The number of methoxy groups -OCH3 is 1. The first kappa shape index (κ1) is 14.8. The van der Waals surface area contributed by atoms with E-state index >= 15 is 0 Å². The zero-order valence-corrected chi connectivity index (χ0v) is 11.6. The van der Waals surface area contributed by atoms with Crippen molar-refractivity contribution in [2.24, 2.45) is 0 Å². The molecule has 0 bridgehead atoms. The Kier molecular flexibility index (Phi) is 5.43. The first-order valence-corrected chi connectivity index (χ1v) is 6.87. The molecule has 0 aromatic carbocycles. The van der Waals surface area contributed by atoms with Crippen LogP contribution >= 0.6 is 11.8 Å². The number of nitrogens with zero attached hydrogens (tertiary/aromatic N) is 1. The number of carbonyl (C=O) groups excluding carboxylic acids is 1. The van der Waals surface area contributed by atoms with Gasteiger partial charge in [-0.25, -0.2) is 9.78 Å². The van der Waals surface area contributed by atoms with E-state index in [1.165, 1.54) is 13.3 Å². The van der Waals surface area contributed by atoms with Gasteiger partial charge in [0.2, 0.25) is 0 Å². The number of carbonyl (C=O) groups is 1. The van der Waals surface area contributed by atoms with Crippen LogP contribution in [-0.4, -0.2) is 47.3 Å². The molecular weight excluding hydrogens is 252 g/mol. The standard InChI is InChI=1S/C12H18N2O3S/c1-12(16,8-18-3)7-14-9-4-5-13-10(6-9)11(15)17-2/h4-6,16H,7-8H2,1-3H3,(H,13,14). The van der Waals surface area contributed by atoms with Crippen molar-refractivity contribution in [3.63, 3.8) is 0 Å². The summed E-state index contributed by atoms with van der Waals surface area (Å²) in [5.74, 6) is 0.157. The predicted molar refractivity (Wildman–Crippen MR) is 73.1 cm³/mol. The summed E-state index contributed by atoms with van der Waals surface area (Å²) < 4.78 is 4.59. The Morgan fingerprint density at radius 1 is 1.67 bits per heavy atom. The Bertz CT molecular complexity index is 410. The third-order valence-corrected chi connectivity index (χ3v) is 3.19. The van der Waals surface area contributed by atoms with Crippen molar-refractivity contribution >= 4 is 23.4 Å². The van der Waals surface area contributed by atoms with Gasteiger partial charge in [0, 0.05) is 24.2 Å². The fraction of sp³-hybridized carbons (Fsp3) is 0.500. The zero-order valence-electron chi connectivity index (χ0n) is 10.8. The van der Waals surface area contributed by atoms with E-state index in [0.717, 1.165) is 5.69 Å². The number of pyridine rings is 1. The number of aromatic nitrogens is 1. The fourth-order valence-corrected chi connectivity index (χ4v) is 2.14. The van der Waals surface area contributed by atoms with Crippen molar-refractivity contribution in [2.75, 3.05) is 31.0 Å². The number of hydrogen-bond acceptors (Lipinski definition) is 6. The molecular formula is C12H18N2O3S. The molecule has 18 heavy (non-hydrogen) atoms. The Morgan fingerprint density at radius 3 is 3.00 bits per heavy atom. The maximum absolute atomic E-state index is 11.3. The second kappa shape index (κ2) is 6.61. The van der Waals surface area contributed by atoms with Crippen LogP contribution in [0, 0.1) is 0 Å². The lowest BCUT2D eigenvalue weighted by molar-refractivity contribution is 0.0594. The molecule has 0 saturated carbocycles. The molecule has 0 aliphatic carbocycles. The van der Waals surface area contributed by atoms with Crippen LogP contribution in [0.15, 0.2) is 18.3 Å². The molecule has 0 aliphatic heterocycles. The van der Waals surface area contributed by atoms with Crippen LogP contribution in [-0.2, 0) is 4.74 Å². The van der Waals surface area contributed by atoms with Gasteiger partial charge in [0.25, 0.3) is 0 Å². The molecule has 1 atom stereocenters. The molecule has 0 radical (unpaired) electrons. The number of aliphatic hydroxyl groups is 1. The molecule has 1 heterocycles. The monoisotopic (exact) mass is 270 g/mol. The molecule has 1 unspecified atom stereocenters. The summed E-state index contributed by atoms with van der Waals surface area (Å²) in [6.07, 6.45) is 3.47. The summed E-state index contributed by atoms with van der Waals surface area (Å²) >= 11 is 1.58. The van der Waals surface area contributed by atoms with E-state index in [2.05, 4.69) is 15.0 Å². The minimum absolute atomic E-state index is 0.243. The summed E-state index contributed by atoms with van der Waals surface area (Å²) in [5.41, 5.74) is 0.174. The van der Waals surface area contributed by atoms with Crippen molar-refractivity contribution in [1.29, 1.82) is 0 Å². The molecule has 100 valence electrons. The largest absolute Gasteiger partial charge is 0.464 e. The van der Waals surface area contributed by atoms with E-state index in [-0.39, 0.29) is 5.69 Å². The summed E-state index contributed by atoms with van der Waals surface area (Å²) in [7, 11) is 1.31. The first-order valence-electron chi connectivity index (χ1n) is 5.48. The number of nitrogens with one attached hydrogen (secondary N) is 1. The van der Waals surface area contributed by atoms with E-state index in [9.17, 15) is 9.90 Å². The molecule has 0 amide bonds. The number of ether oxygens (including phenoxy) is 1. The number of esters is 1. The van der Waals surface area contributed by atoms with Gasteiger partial charge in [-0.2, -0.15) is 11.8 Å². The SMILES string of the molecule is COC(=O)c1cc(NCC(C)(O)CSC)ccn1. The Morgan fingerprint density at radius 2 is 2.39 bits per heavy atom. The van der Waals surface area contributed by atoms with Gasteiger partial charge in [0.1, 0.15) is 5.69 Å². The van der Waals surface area contributed by atoms with Crippen LogP contribution in [0.5, 0.6) is 0 Å². The molecule has 1 aromatic heterocycles. The van der Waals surface area contributed by atoms with Gasteiger partial charge in [-0.1, -0.05) is 0 Å². The molecule has 0 aliphatic rings. The normalized spacial score (nSPS) is 13.8. The third-order valence-electron chi connectivity index (χ3n) is 2.28. The van der Waals surface area contributed by atoms with Gasteiger partial charge in [0.05, 0.1) is 12.7 Å². The summed E-state index contributed by atoms with van der Waals surface area (Å²) in [6, 6.07) is 3.34. The molecule has 0 saturated heterocycles. The fourth-order valence-electron chi connectivity index (χ4n) is 1.41. The van der Waals surface area contributed by atoms with Gasteiger partial charge in [-0.05, 0) is 25.3 Å². The minimum Gasteiger partial charge on any atom is -0.464 e. The Balaban J connectivity index is 2.65. The van der Waals surface area contributed by atoms with Crippen LogP contribution in [0.1, 0.15) is 17.4 Å². The number of thioether (sulfide) groups is 1. The van der Waals surface area contributed by atoms with Crippen molar-refractivity contribution in [3.05, 3.63) is 24.0 Å². The molecule has 1 rings (SSSR count). The lowest BCUT2D eigenvalue weighted by Crippen LogP contribution is -2.36. The molecule has 1 aromatic rings. The van der Waals surface area contributed by atoms with E-state index < -0.39 is 11.6 Å². The second-order valence-corrected chi connectivity index (χ2v) is 5.07. The summed E-state index contributed by atoms with van der Waals surface area (Å²) in [6.45, 7) is 2.16. The number of anilines is 1. The molecule has 6 heteroatoms. The van der Waals surface area contributed by atoms with Gasteiger partial charge in [-0.15, -0.1) is 0 Å². The summed E-state index contributed by atoms with van der Waals surface area (Å²) in [5, 5.41) is 13.1. The highest BCUT2D eigenvalue weighted by atomic mass is 32.2. The van der Waals surface area contributed by atoms with Crippen LogP contribution in [0.25, 0.3) is 0 Å². The van der Waals surface area contributed by atoms with Crippen LogP contribution in [0.2, 0.25) is 0 Å². The van der Waals surface area contributed by atoms with Crippen molar-refractivity contribution in [3.8, 4) is 0 Å². The molecule has 5 nitrogen and oxygen atoms in total. The Hall–Kier alpha value is -1.27. The van der Waals surface area contributed by atoms with Crippen LogP contribution in [0.3, 0.4) is 0 Å². The van der Waals surface area contributed by atoms with E-state index in [1.54, 1.807) is 30.8 Å². The smallest absolute Gasteiger partial charge is 0.356 e. The highest BCUT2D eigenvalue weighted by molar-refractivity contribution is 7.98. The van der Waals surface area contributed by atoms with Gasteiger partial charge in [-0.3, -0.25) is 0 Å². The highest BCUT2D eigenvalue weighted by Crippen LogP contribution is 2.14. The first-order chi connectivity index (χ1) is 8.48. The average molecular weight is 270 g/mol.